The van der Waals surface area contributed by atoms with Gasteiger partial charge in [-0.15, -0.1) is 0 Å². The summed E-state index contributed by atoms with van der Waals surface area (Å²) in [6.45, 7) is 7.97. The number of benzene rings is 1. The Morgan fingerprint density at radius 2 is 1.94 bits per heavy atom. The maximum Gasteiger partial charge on any atom is 0.312 e. The minimum atomic E-state index is -0.324. The zero-order valence-corrected chi connectivity index (χ0v) is 11.1. The van der Waals surface area contributed by atoms with Crippen LogP contribution in [0.4, 0.5) is 0 Å². The third-order valence-corrected chi connectivity index (χ3v) is 2.87. The molecule has 1 rings (SSSR count). The second-order valence-corrected chi connectivity index (χ2v) is 5.27. The number of phenolic OH excluding ortho intramolecular Hbond substituents is 1. The number of methoxy groups -OCH3 is 1. The molecule has 0 bridgehead atoms. The maximum atomic E-state index is 11.6. The molecule has 0 fully saturated rings. The van der Waals surface area contributed by atoms with Crippen LogP contribution in [0.3, 0.4) is 0 Å². The Kier molecular flexibility index (Phi) is 3.81. The second-order valence-electron chi connectivity index (χ2n) is 5.27. The van der Waals surface area contributed by atoms with Crippen LogP contribution in [0.1, 0.15) is 44.7 Å². The lowest BCUT2D eigenvalue weighted by atomic mass is 9.80. The summed E-state index contributed by atoms with van der Waals surface area (Å²) < 4.78 is 4.76. The van der Waals surface area contributed by atoms with Crippen molar-refractivity contribution in [3.05, 3.63) is 29.3 Å². The van der Waals surface area contributed by atoms with Gasteiger partial charge in [0.2, 0.25) is 0 Å². The van der Waals surface area contributed by atoms with E-state index in [-0.39, 0.29) is 23.1 Å². The molecule has 0 aliphatic heterocycles. The largest absolute Gasteiger partial charge is 0.508 e. The molecule has 0 spiro atoms. The highest BCUT2D eigenvalue weighted by Gasteiger charge is 2.25. The van der Waals surface area contributed by atoms with Crippen LogP contribution in [-0.2, 0) is 14.9 Å². The summed E-state index contributed by atoms with van der Waals surface area (Å²) in [5.41, 5.74) is 1.74. The van der Waals surface area contributed by atoms with E-state index in [0.717, 1.165) is 11.1 Å². The predicted molar refractivity (Wildman–Crippen MR) is 67.2 cm³/mol. The summed E-state index contributed by atoms with van der Waals surface area (Å²) in [5.74, 6) is -0.369. The Balaban J connectivity index is 3.29. The lowest BCUT2D eigenvalue weighted by molar-refractivity contribution is -0.142. The Morgan fingerprint density at radius 3 is 2.41 bits per heavy atom. The Labute approximate surface area is 102 Å². The number of phenols is 1. The molecular formula is C14H20O3. The van der Waals surface area contributed by atoms with Gasteiger partial charge < -0.3 is 9.84 Å². The molecule has 1 unspecified atom stereocenters. The summed E-state index contributed by atoms with van der Waals surface area (Å²) in [7, 11) is 1.38. The average Bonchev–Trinajstić information content (AvgIpc) is 2.25. The number of ether oxygens (including phenoxy) is 1. The van der Waals surface area contributed by atoms with Crippen molar-refractivity contribution in [1.82, 2.24) is 0 Å². The summed E-state index contributed by atoms with van der Waals surface area (Å²) in [6.07, 6.45) is 0. The lowest BCUT2D eigenvalue weighted by Gasteiger charge is -2.25. The normalized spacial score (nSPS) is 13.2. The fraction of sp³-hybridized carbons (Fsp3) is 0.500. The van der Waals surface area contributed by atoms with Gasteiger partial charge in [0.1, 0.15) is 5.75 Å². The summed E-state index contributed by atoms with van der Waals surface area (Å²) in [5, 5.41) is 9.56. The number of rotatable bonds is 2. The fourth-order valence-electron chi connectivity index (χ4n) is 1.88. The number of carbonyl (C=O) groups excluding carboxylic acids is 1. The SMILES string of the molecule is COC(=O)C(C)c1ccc(O)cc1C(C)(C)C. The highest BCUT2D eigenvalue weighted by Crippen LogP contribution is 2.33. The molecule has 0 saturated heterocycles. The van der Waals surface area contributed by atoms with Gasteiger partial charge in [0, 0.05) is 0 Å². The van der Waals surface area contributed by atoms with E-state index in [1.165, 1.54) is 7.11 Å². The quantitative estimate of drug-likeness (QED) is 0.803. The molecule has 0 radical (unpaired) electrons. The summed E-state index contributed by atoms with van der Waals surface area (Å²) >= 11 is 0. The maximum absolute atomic E-state index is 11.6. The second kappa shape index (κ2) is 4.78. The van der Waals surface area contributed by atoms with Gasteiger partial charge in [-0.25, -0.2) is 0 Å². The minimum absolute atomic E-state index is 0.129. The first kappa shape index (κ1) is 13.6. The van der Waals surface area contributed by atoms with Crippen molar-refractivity contribution in [3.63, 3.8) is 0 Å². The third kappa shape index (κ3) is 2.99. The third-order valence-electron chi connectivity index (χ3n) is 2.87. The van der Waals surface area contributed by atoms with Crippen molar-refractivity contribution in [1.29, 1.82) is 0 Å². The van der Waals surface area contributed by atoms with Crippen LogP contribution < -0.4 is 0 Å². The topological polar surface area (TPSA) is 46.5 Å². The number of aromatic hydroxyl groups is 1. The molecule has 0 aliphatic carbocycles. The van der Waals surface area contributed by atoms with Crippen LogP contribution in [0.5, 0.6) is 5.75 Å². The van der Waals surface area contributed by atoms with E-state index in [4.69, 9.17) is 4.74 Å². The summed E-state index contributed by atoms with van der Waals surface area (Å²) in [6, 6.07) is 5.11. The molecule has 0 saturated carbocycles. The van der Waals surface area contributed by atoms with E-state index < -0.39 is 0 Å². The fourth-order valence-corrected chi connectivity index (χ4v) is 1.88. The van der Waals surface area contributed by atoms with Crippen LogP contribution in [0, 0.1) is 0 Å². The van der Waals surface area contributed by atoms with Crippen LogP contribution in [-0.4, -0.2) is 18.2 Å². The number of carbonyl (C=O) groups is 1. The van der Waals surface area contributed by atoms with E-state index in [1.807, 2.05) is 6.92 Å². The first-order chi connectivity index (χ1) is 7.77. The monoisotopic (exact) mass is 236 g/mol. The number of hydrogen-bond acceptors (Lipinski definition) is 3. The number of esters is 1. The van der Waals surface area contributed by atoms with Crippen LogP contribution in [0.15, 0.2) is 18.2 Å². The molecule has 0 aliphatic rings. The molecule has 3 heteroatoms. The van der Waals surface area contributed by atoms with E-state index in [2.05, 4.69) is 20.8 Å². The van der Waals surface area contributed by atoms with Crippen LogP contribution in [0.2, 0.25) is 0 Å². The molecular weight excluding hydrogens is 216 g/mol. The molecule has 1 aromatic rings. The summed E-state index contributed by atoms with van der Waals surface area (Å²) in [4.78, 5) is 11.6. The smallest absolute Gasteiger partial charge is 0.312 e. The first-order valence-electron chi connectivity index (χ1n) is 5.68. The van der Waals surface area contributed by atoms with E-state index in [9.17, 15) is 9.90 Å². The van der Waals surface area contributed by atoms with Crippen molar-refractivity contribution >= 4 is 5.97 Å². The molecule has 0 heterocycles. The van der Waals surface area contributed by atoms with Gasteiger partial charge in [-0.05, 0) is 35.6 Å². The zero-order chi connectivity index (χ0) is 13.2. The molecule has 1 aromatic carbocycles. The molecule has 3 nitrogen and oxygen atoms in total. The van der Waals surface area contributed by atoms with Crippen molar-refractivity contribution in [2.75, 3.05) is 7.11 Å². The first-order valence-corrected chi connectivity index (χ1v) is 5.68. The van der Waals surface area contributed by atoms with Crippen LogP contribution >= 0.6 is 0 Å². The van der Waals surface area contributed by atoms with Crippen LogP contribution in [0.25, 0.3) is 0 Å². The Hall–Kier alpha value is -1.51. The van der Waals surface area contributed by atoms with Crippen molar-refractivity contribution in [2.24, 2.45) is 0 Å². The van der Waals surface area contributed by atoms with Gasteiger partial charge in [0.15, 0.2) is 0 Å². The van der Waals surface area contributed by atoms with E-state index >= 15 is 0 Å². The van der Waals surface area contributed by atoms with Crippen molar-refractivity contribution < 1.29 is 14.6 Å². The Morgan fingerprint density at radius 1 is 1.35 bits per heavy atom. The van der Waals surface area contributed by atoms with E-state index in [0.29, 0.717) is 0 Å². The van der Waals surface area contributed by atoms with Gasteiger partial charge in [0.25, 0.3) is 0 Å². The standard InChI is InChI=1S/C14H20O3/c1-9(13(16)17-5)11-7-6-10(15)8-12(11)14(2,3)4/h6-9,15H,1-5H3. The molecule has 1 atom stereocenters. The molecule has 94 valence electrons. The number of hydrogen-bond donors (Lipinski definition) is 1. The highest BCUT2D eigenvalue weighted by atomic mass is 16.5. The van der Waals surface area contributed by atoms with Gasteiger partial charge in [-0.1, -0.05) is 26.8 Å². The zero-order valence-electron chi connectivity index (χ0n) is 11.1. The molecule has 0 amide bonds. The van der Waals surface area contributed by atoms with E-state index in [1.54, 1.807) is 18.2 Å². The lowest BCUT2D eigenvalue weighted by Crippen LogP contribution is -2.19. The average molecular weight is 236 g/mol. The minimum Gasteiger partial charge on any atom is -0.508 e. The molecule has 17 heavy (non-hydrogen) atoms. The van der Waals surface area contributed by atoms with Crippen molar-refractivity contribution in [3.8, 4) is 5.75 Å². The van der Waals surface area contributed by atoms with Gasteiger partial charge in [-0.3, -0.25) is 4.79 Å². The molecule has 0 aromatic heterocycles. The predicted octanol–water partition coefficient (Wildman–Crippen LogP) is 2.97. The molecule has 1 N–H and O–H groups in total. The highest BCUT2D eigenvalue weighted by molar-refractivity contribution is 5.78. The Bertz CT molecular complexity index is 416. The van der Waals surface area contributed by atoms with Gasteiger partial charge >= 0.3 is 5.97 Å². The van der Waals surface area contributed by atoms with Gasteiger partial charge in [-0.2, -0.15) is 0 Å². The van der Waals surface area contributed by atoms with Gasteiger partial charge in [0.05, 0.1) is 13.0 Å². The van der Waals surface area contributed by atoms with Crippen molar-refractivity contribution in [2.45, 2.75) is 39.0 Å².